The van der Waals surface area contributed by atoms with E-state index in [2.05, 4.69) is 0 Å². The van der Waals surface area contributed by atoms with Gasteiger partial charge >= 0.3 is 6.03 Å². The molecule has 3 aromatic rings. The van der Waals surface area contributed by atoms with E-state index >= 15 is 0 Å². The topological polar surface area (TPSA) is 57.7 Å². The zero-order valence-corrected chi connectivity index (χ0v) is 17.3. The molecule has 0 spiro atoms. The summed E-state index contributed by atoms with van der Waals surface area (Å²) in [5.41, 5.74) is 2.60. The van der Waals surface area contributed by atoms with Gasteiger partial charge in [0, 0.05) is 5.02 Å². The first-order valence-electron chi connectivity index (χ1n) is 9.21. The summed E-state index contributed by atoms with van der Waals surface area (Å²) in [4.78, 5) is 15.0. The van der Waals surface area contributed by atoms with Crippen LogP contribution in [-0.2, 0) is 23.0 Å². The number of sulfonamides is 1. The van der Waals surface area contributed by atoms with E-state index in [1.165, 1.54) is 11.0 Å². The Kier molecular flexibility index (Phi) is 5.06. The fourth-order valence-corrected chi connectivity index (χ4v) is 5.07. The molecule has 3 aromatic carbocycles. The van der Waals surface area contributed by atoms with Gasteiger partial charge in [0.15, 0.2) is 0 Å². The van der Waals surface area contributed by atoms with Gasteiger partial charge < -0.3 is 0 Å². The molecule has 0 unspecified atom stereocenters. The maximum atomic E-state index is 13.4. The molecule has 0 radical (unpaired) electrons. The summed E-state index contributed by atoms with van der Waals surface area (Å²) in [5, 5.41) is 0.597. The molecule has 29 heavy (non-hydrogen) atoms. The lowest BCUT2D eigenvalue weighted by Gasteiger charge is -2.36. The van der Waals surface area contributed by atoms with Crippen LogP contribution >= 0.6 is 11.6 Å². The van der Waals surface area contributed by atoms with Crippen LogP contribution in [0.3, 0.4) is 0 Å². The maximum absolute atomic E-state index is 13.4. The molecule has 1 aliphatic rings. The molecule has 2 amide bonds. The predicted octanol–water partition coefficient (Wildman–Crippen LogP) is 5.24. The zero-order chi connectivity index (χ0) is 20.6. The molecule has 0 saturated heterocycles. The van der Waals surface area contributed by atoms with Crippen LogP contribution < -0.4 is 9.21 Å². The highest BCUT2D eigenvalue weighted by molar-refractivity contribution is 7.94. The molecule has 148 valence electrons. The van der Waals surface area contributed by atoms with Crippen molar-refractivity contribution < 1.29 is 13.2 Å². The molecule has 0 aliphatic carbocycles. The molecule has 1 heterocycles. The highest BCUT2D eigenvalue weighted by atomic mass is 35.5. The minimum absolute atomic E-state index is 0.105. The van der Waals surface area contributed by atoms with Crippen LogP contribution in [0.5, 0.6) is 0 Å². The summed E-state index contributed by atoms with van der Waals surface area (Å²) in [5.74, 6) is 0. The van der Waals surface area contributed by atoms with Gasteiger partial charge in [-0.15, -0.1) is 0 Å². The number of para-hydroxylation sites is 1. The van der Waals surface area contributed by atoms with Crippen molar-refractivity contribution >= 4 is 39.0 Å². The Labute approximate surface area is 175 Å². The van der Waals surface area contributed by atoms with E-state index in [-0.39, 0.29) is 11.4 Å². The number of amides is 2. The molecule has 0 fully saturated rings. The first-order chi connectivity index (χ1) is 13.9. The standard InChI is InChI=1S/C22H19ClN2O3S/c1-2-16-9-13-19(14-10-16)25-22(26)24(15-17-7-11-18(23)12-8-17)20-5-3-4-6-21(20)29(25,27)28/h3-14H,2,15H2,1H3. The van der Waals surface area contributed by atoms with Crippen molar-refractivity contribution in [2.75, 3.05) is 9.21 Å². The molecule has 1 aliphatic heterocycles. The van der Waals surface area contributed by atoms with E-state index in [1.54, 1.807) is 42.5 Å². The van der Waals surface area contributed by atoms with E-state index < -0.39 is 16.1 Å². The summed E-state index contributed by atoms with van der Waals surface area (Å²) >= 11 is 5.96. The van der Waals surface area contributed by atoms with Crippen LogP contribution in [0.2, 0.25) is 5.02 Å². The lowest BCUT2D eigenvalue weighted by atomic mass is 10.1. The van der Waals surface area contributed by atoms with Crippen LogP contribution in [0.4, 0.5) is 16.2 Å². The average Bonchev–Trinajstić information content (AvgIpc) is 2.73. The van der Waals surface area contributed by atoms with Gasteiger partial charge in [-0.25, -0.2) is 13.2 Å². The Morgan fingerprint density at radius 1 is 0.862 bits per heavy atom. The SMILES string of the molecule is CCc1ccc(N2C(=O)N(Cc3ccc(Cl)cc3)c3ccccc3S2(=O)=O)cc1. The third-order valence-electron chi connectivity index (χ3n) is 4.91. The van der Waals surface area contributed by atoms with E-state index in [9.17, 15) is 13.2 Å². The number of carbonyl (C=O) groups is 1. The zero-order valence-electron chi connectivity index (χ0n) is 15.7. The van der Waals surface area contributed by atoms with Crippen molar-refractivity contribution in [3.8, 4) is 0 Å². The smallest absolute Gasteiger partial charge is 0.287 e. The molecule has 5 nitrogen and oxygen atoms in total. The first-order valence-corrected chi connectivity index (χ1v) is 11.0. The lowest BCUT2D eigenvalue weighted by molar-refractivity contribution is 0.253. The van der Waals surface area contributed by atoms with Gasteiger partial charge in [-0.2, -0.15) is 4.31 Å². The van der Waals surface area contributed by atoms with Crippen LogP contribution in [0.1, 0.15) is 18.1 Å². The third-order valence-corrected chi connectivity index (χ3v) is 6.91. The second kappa shape index (κ2) is 7.54. The number of halogens is 1. The quantitative estimate of drug-likeness (QED) is 0.573. The van der Waals surface area contributed by atoms with Crippen molar-refractivity contribution in [2.45, 2.75) is 24.8 Å². The Morgan fingerprint density at radius 3 is 2.14 bits per heavy atom. The largest absolute Gasteiger partial charge is 0.343 e. The van der Waals surface area contributed by atoms with Gasteiger partial charge in [0.05, 0.1) is 17.9 Å². The maximum Gasteiger partial charge on any atom is 0.343 e. The number of hydrogen-bond acceptors (Lipinski definition) is 3. The van der Waals surface area contributed by atoms with Gasteiger partial charge in [-0.1, -0.05) is 54.9 Å². The highest BCUT2D eigenvalue weighted by Crippen LogP contribution is 2.38. The van der Waals surface area contributed by atoms with Crippen molar-refractivity contribution in [3.63, 3.8) is 0 Å². The third kappa shape index (κ3) is 3.50. The fraction of sp³-hybridized carbons (Fsp3) is 0.136. The Morgan fingerprint density at radius 2 is 1.48 bits per heavy atom. The monoisotopic (exact) mass is 426 g/mol. The number of nitrogens with zero attached hydrogens (tertiary/aromatic N) is 2. The van der Waals surface area contributed by atoms with E-state index in [1.807, 2.05) is 31.2 Å². The van der Waals surface area contributed by atoms with Crippen molar-refractivity contribution in [1.82, 2.24) is 0 Å². The van der Waals surface area contributed by atoms with Crippen molar-refractivity contribution in [1.29, 1.82) is 0 Å². The minimum Gasteiger partial charge on any atom is -0.287 e. The van der Waals surface area contributed by atoms with Gasteiger partial charge in [0.2, 0.25) is 0 Å². The normalized spacial score (nSPS) is 15.3. The number of aryl methyl sites for hydroxylation is 1. The molecule has 0 saturated carbocycles. The Bertz CT molecular complexity index is 1160. The van der Waals surface area contributed by atoms with Crippen LogP contribution in [0, 0.1) is 0 Å². The predicted molar refractivity (Wildman–Crippen MR) is 115 cm³/mol. The fourth-order valence-electron chi connectivity index (χ4n) is 3.35. The molecule has 7 heteroatoms. The lowest BCUT2D eigenvalue weighted by Crippen LogP contribution is -2.50. The van der Waals surface area contributed by atoms with Crippen molar-refractivity contribution in [2.24, 2.45) is 0 Å². The molecular weight excluding hydrogens is 408 g/mol. The number of hydrogen-bond donors (Lipinski definition) is 0. The van der Waals surface area contributed by atoms with E-state index in [0.29, 0.717) is 16.4 Å². The average molecular weight is 427 g/mol. The molecule has 0 N–H and O–H groups in total. The second-order valence-electron chi connectivity index (χ2n) is 6.75. The molecule has 0 atom stereocenters. The summed E-state index contributed by atoms with van der Waals surface area (Å²) in [7, 11) is -4.02. The van der Waals surface area contributed by atoms with Gasteiger partial charge in [-0.3, -0.25) is 4.90 Å². The second-order valence-corrected chi connectivity index (χ2v) is 8.94. The first kappa shape index (κ1) is 19.5. The Balaban J connectivity index is 1.83. The van der Waals surface area contributed by atoms with Crippen LogP contribution in [0.25, 0.3) is 0 Å². The minimum atomic E-state index is -4.02. The van der Waals surface area contributed by atoms with E-state index in [4.69, 9.17) is 11.6 Å². The molecule has 0 aromatic heterocycles. The summed E-state index contributed by atoms with van der Waals surface area (Å²) in [6.07, 6.45) is 0.826. The van der Waals surface area contributed by atoms with Crippen LogP contribution in [-0.4, -0.2) is 14.4 Å². The number of anilines is 2. The number of benzene rings is 3. The van der Waals surface area contributed by atoms with Gasteiger partial charge in [0.1, 0.15) is 4.90 Å². The number of rotatable bonds is 4. The molecule has 0 bridgehead atoms. The summed E-state index contributed by atoms with van der Waals surface area (Å²) in [6.45, 7) is 2.24. The number of urea groups is 1. The number of carbonyl (C=O) groups excluding carboxylic acids is 1. The van der Waals surface area contributed by atoms with E-state index in [0.717, 1.165) is 21.9 Å². The van der Waals surface area contributed by atoms with Gasteiger partial charge in [0.25, 0.3) is 10.0 Å². The highest BCUT2D eigenvalue weighted by Gasteiger charge is 2.42. The Hall–Kier alpha value is -2.83. The summed E-state index contributed by atoms with van der Waals surface area (Å²) in [6, 6.07) is 20.1. The van der Waals surface area contributed by atoms with Crippen molar-refractivity contribution in [3.05, 3.63) is 88.9 Å². The van der Waals surface area contributed by atoms with Gasteiger partial charge in [-0.05, 0) is 53.9 Å². The molecular formula is C22H19ClN2O3S. The molecule has 4 rings (SSSR count). The van der Waals surface area contributed by atoms with Crippen LogP contribution in [0.15, 0.2) is 77.7 Å². The summed E-state index contributed by atoms with van der Waals surface area (Å²) < 4.78 is 27.4. The number of fused-ring (bicyclic) bond motifs is 1.